The van der Waals surface area contributed by atoms with Crippen LogP contribution in [0.25, 0.3) is 0 Å². The van der Waals surface area contributed by atoms with Crippen molar-refractivity contribution in [3.8, 4) is 0 Å². The van der Waals surface area contributed by atoms with Gasteiger partial charge in [-0.3, -0.25) is 4.99 Å². The number of sulfonamides is 1. The summed E-state index contributed by atoms with van der Waals surface area (Å²) in [5.41, 5.74) is 1.73. The van der Waals surface area contributed by atoms with Crippen LogP contribution in [0.4, 0.5) is 0 Å². The van der Waals surface area contributed by atoms with Gasteiger partial charge in [0.15, 0.2) is 5.96 Å². The summed E-state index contributed by atoms with van der Waals surface area (Å²) in [5.74, 6) is 0.750. The zero-order chi connectivity index (χ0) is 21.6. The summed E-state index contributed by atoms with van der Waals surface area (Å²) in [6.45, 7) is 7.09. The Labute approximate surface area is 180 Å². The van der Waals surface area contributed by atoms with E-state index in [9.17, 15) is 8.42 Å². The summed E-state index contributed by atoms with van der Waals surface area (Å²) < 4.78 is 39.1. The van der Waals surface area contributed by atoms with Crippen LogP contribution in [0.15, 0.2) is 29.3 Å². The highest BCUT2D eigenvalue weighted by molar-refractivity contribution is 7.88. The molecule has 2 fully saturated rings. The van der Waals surface area contributed by atoms with Crippen molar-refractivity contribution >= 4 is 16.0 Å². The third kappa shape index (κ3) is 6.41. The quantitative estimate of drug-likeness (QED) is 0.495. The molecule has 8 nitrogen and oxygen atoms in total. The van der Waals surface area contributed by atoms with Crippen molar-refractivity contribution in [2.45, 2.75) is 57.2 Å². The monoisotopic (exact) mass is 438 g/mol. The van der Waals surface area contributed by atoms with Crippen LogP contribution in [0, 0.1) is 0 Å². The van der Waals surface area contributed by atoms with Crippen LogP contribution in [-0.2, 0) is 31.8 Å². The van der Waals surface area contributed by atoms with Crippen LogP contribution in [-0.4, -0.2) is 70.9 Å². The van der Waals surface area contributed by atoms with E-state index in [1.807, 2.05) is 38.1 Å². The second-order valence-electron chi connectivity index (χ2n) is 8.11. The highest BCUT2D eigenvalue weighted by Crippen LogP contribution is 2.21. The van der Waals surface area contributed by atoms with E-state index in [1.165, 1.54) is 0 Å². The molecule has 9 heteroatoms. The van der Waals surface area contributed by atoms with Crippen molar-refractivity contribution in [2.24, 2.45) is 4.99 Å². The van der Waals surface area contributed by atoms with Gasteiger partial charge in [0.25, 0.3) is 0 Å². The molecule has 2 aliphatic rings. The predicted octanol–water partition coefficient (Wildman–Crippen LogP) is 1.47. The number of hydrogen-bond donors (Lipinski definition) is 2. The largest absolute Gasteiger partial charge is 0.375 e. The number of morpholine rings is 1. The van der Waals surface area contributed by atoms with Gasteiger partial charge in [-0.1, -0.05) is 24.3 Å². The second kappa shape index (κ2) is 10.6. The van der Waals surface area contributed by atoms with Gasteiger partial charge in [-0.25, -0.2) is 13.1 Å². The van der Waals surface area contributed by atoms with Crippen molar-refractivity contribution in [2.75, 3.05) is 33.4 Å². The summed E-state index contributed by atoms with van der Waals surface area (Å²) in [7, 11) is -1.62. The average Bonchev–Trinajstić information content (AvgIpc) is 3.23. The maximum Gasteiger partial charge on any atom is 0.216 e. The molecule has 0 bridgehead atoms. The number of nitrogens with one attached hydrogen (secondary N) is 2. The minimum Gasteiger partial charge on any atom is -0.375 e. The van der Waals surface area contributed by atoms with Crippen LogP contribution in [0.1, 0.15) is 37.8 Å². The number of hydrogen-bond acceptors (Lipinski definition) is 5. The molecule has 2 unspecified atom stereocenters. The molecule has 30 heavy (non-hydrogen) atoms. The number of aliphatic imine (C=N–C) groups is 1. The second-order valence-corrected chi connectivity index (χ2v) is 9.86. The molecule has 1 aromatic rings. The van der Waals surface area contributed by atoms with Crippen molar-refractivity contribution < 1.29 is 17.9 Å². The summed E-state index contributed by atoms with van der Waals surface area (Å²) in [6, 6.07) is 7.48. The Bertz CT molecular complexity index is 822. The van der Waals surface area contributed by atoms with E-state index in [4.69, 9.17) is 9.47 Å². The standard InChI is InChI=1S/C21H34N4O4S/c1-16(2)24-30(26,27)15-18-8-5-4-7-17(18)13-23-21(22-3)25-10-12-29-20(14-25)19-9-6-11-28-19/h4-5,7-8,16,19-20,24H,6,9-15H2,1-3H3,(H,22,23). The van der Waals surface area contributed by atoms with Crippen LogP contribution >= 0.6 is 0 Å². The van der Waals surface area contributed by atoms with Gasteiger partial charge in [-0.2, -0.15) is 0 Å². The zero-order valence-electron chi connectivity index (χ0n) is 18.1. The maximum absolute atomic E-state index is 12.4. The summed E-state index contributed by atoms with van der Waals surface area (Å²) in [6.07, 6.45) is 2.34. The summed E-state index contributed by atoms with van der Waals surface area (Å²) in [5, 5.41) is 3.40. The molecular weight excluding hydrogens is 404 g/mol. The molecule has 0 spiro atoms. The molecule has 1 aromatic carbocycles. The summed E-state index contributed by atoms with van der Waals surface area (Å²) in [4.78, 5) is 6.63. The van der Waals surface area contributed by atoms with E-state index >= 15 is 0 Å². The van der Waals surface area contributed by atoms with Crippen molar-refractivity contribution in [1.29, 1.82) is 0 Å². The minimum atomic E-state index is -3.39. The zero-order valence-corrected chi connectivity index (χ0v) is 19.0. The van der Waals surface area contributed by atoms with E-state index in [-0.39, 0.29) is 24.0 Å². The lowest BCUT2D eigenvalue weighted by atomic mass is 10.1. The first-order valence-electron chi connectivity index (χ1n) is 10.6. The van der Waals surface area contributed by atoms with E-state index < -0.39 is 10.0 Å². The highest BCUT2D eigenvalue weighted by atomic mass is 32.2. The van der Waals surface area contributed by atoms with Crippen molar-refractivity contribution in [3.63, 3.8) is 0 Å². The molecule has 2 N–H and O–H groups in total. The Balaban J connectivity index is 1.62. The lowest BCUT2D eigenvalue weighted by molar-refractivity contribution is -0.0817. The molecule has 2 atom stereocenters. The van der Waals surface area contributed by atoms with Gasteiger partial charge < -0.3 is 19.7 Å². The number of rotatable bonds is 7. The van der Waals surface area contributed by atoms with E-state index in [2.05, 4.69) is 19.9 Å². The molecule has 3 rings (SSSR count). The van der Waals surface area contributed by atoms with Gasteiger partial charge in [0.2, 0.25) is 10.0 Å². The van der Waals surface area contributed by atoms with Crippen LogP contribution in [0.3, 0.4) is 0 Å². The van der Waals surface area contributed by atoms with E-state index in [0.29, 0.717) is 13.2 Å². The van der Waals surface area contributed by atoms with Gasteiger partial charge in [0.05, 0.1) is 18.5 Å². The average molecular weight is 439 g/mol. The van der Waals surface area contributed by atoms with Gasteiger partial charge in [0.1, 0.15) is 6.10 Å². The molecule has 2 aliphatic heterocycles. The van der Waals surface area contributed by atoms with Gasteiger partial charge >= 0.3 is 0 Å². The lowest BCUT2D eigenvalue weighted by Crippen LogP contribution is -2.53. The fraction of sp³-hybridized carbons (Fsp3) is 0.667. The number of guanidine groups is 1. The number of benzene rings is 1. The normalized spacial score (nSPS) is 23.2. The molecule has 0 aromatic heterocycles. The molecule has 0 aliphatic carbocycles. The van der Waals surface area contributed by atoms with Crippen LogP contribution in [0.5, 0.6) is 0 Å². The van der Waals surface area contributed by atoms with Crippen LogP contribution in [0.2, 0.25) is 0 Å². The van der Waals surface area contributed by atoms with Crippen molar-refractivity contribution in [1.82, 2.24) is 14.9 Å². The molecular formula is C21H34N4O4S. The topological polar surface area (TPSA) is 92.3 Å². The highest BCUT2D eigenvalue weighted by Gasteiger charge is 2.32. The lowest BCUT2D eigenvalue weighted by Gasteiger charge is -2.37. The Morgan fingerprint density at radius 2 is 1.93 bits per heavy atom. The maximum atomic E-state index is 12.4. The molecule has 2 saturated heterocycles. The number of nitrogens with zero attached hydrogens (tertiary/aromatic N) is 2. The van der Waals surface area contributed by atoms with E-state index in [0.717, 1.165) is 49.6 Å². The fourth-order valence-electron chi connectivity index (χ4n) is 3.97. The fourth-order valence-corrected chi connectivity index (χ4v) is 5.46. The Hall–Kier alpha value is -1.68. The third-order valence-corrected chi connectivity index (χ3v) is 6.82. The SMILES string of the molecule is CN=C(NCc1ccccc1CS(=O)(=O)NC(C)C)N1CCOC(C2CCCO2)C1. The molecule has 0 radical (unpaired) electrons. The molecule has 2 heterocycles. The first-order valence-corrected chi connectivity index (χ1v) is 12.3. The first kappa shape index (κ1) is 23.0. The Morgan fingerprint density at radius 1 is 1.20 bits per heavy atom. The molecule has 0 saturated carbocycles. The van der Waals surface area contributed by atoms with Gasteiger partial charge in [-0.05, 0) is 37.8 Å². The first-order chi connectivity index (χ1) is 14.4. The predicted molar refractivity (Wildman–Crippen MR) is 118 cm³/mol. The summed E-state index contributed by atoms with van der Waals surface area (Å²) >= 11 is 0. The smallest absolute Gasteiger partial charge is 0.216 e. The van der Waals surface area contributed by atoms with Crippen LogP contribution < -0.4 is 10.0 Å². The third-order valence-electron chi connectivity index (χ3n) is 5.30. The minimum absolute atomic E-state index is 0.0414. The number of ether oxygens (including phenoxy) is 2. The van der Waals surface area contributed by atoms with E-state index in [1.54, 1.807) is 7.05 Å². The van der Waals surface area contributed by atoms with Crippen molar-refractivity contribution in [3.05, 3.63) is 35.4 Å². The van der Waals surface area contributed by atoms with Gasteiger partial charge in [-0.15, -0.1) is 0 Å². The Morgan fingerprint density at radius 3 is 2.60 bits per heavy atom. The van der Waals surface area contributed by atoms with Gasteiger partial charge in [0, 0.05) is 39.3 Å². The molecule has 168 valence electrons. The molecule has 0 amide bonds. The Kier molecular flexibility index (Phi) is 8.10.